The second-order valence-electron chi connectivity index (χ2n) is 4.16. The number of esters is 1. The zero-order chi connectivity index (χ0) is 12.7. The van der Waals surface area contributed by atoms with E-state index in [4.69, 9.17) is 16.3 Å². The second kappa shape index (κ2) is 7.33. The Morgan fingerprint density at radius 2 is 2.18 bits per heavy atom. The SMILES string of the molecule is CCCCOC(=O)CCc1ccc(C)c(Cl)c1. The first kappa shape index (κ1) is 14.0. The van der Waals surface area contributed by atoms with Gasteiger partial charge in [0.25, 0.3) is 0 Å². The van der Waals surface area contributed by atoms with Crippen molar-refractivity contribution in [2.75, 3.05) is 6.61 Å². The number of carbonyl (C=O) groups excluding carboxylic acids is 1. The molecule has 17 heavy (non-hydrogen) atoms. The molecule has 0 fully saturated rings. The fourth-order valence-electron chi connectivity index (χ4n) is 1.44. The summed E-state index contributed by atoms with van der Waals surface area (Å²) < 4.78 is 5.09. The maximum absolute atomic E-state index is 11.4. The predicted molar refractivity (Wildman–Crippen MR) is 70.4 cm³/mol. The molecule has 0 radical (unpaired) electrons. The van der Waals surface area contributed by atoms with Gasteiger partial charge in [0, 0.05) is 11.4 Å². The molecule has 0 atom stereocenters. The van der Waals surface area contributed by atoms with Crippen LogP contribution in [0.1, 0.15) is 37.3 Å². The van der Waals surface area contributed by atoms with Crippen LogP contribution in [0.15, 0.2) is 18.2 Å². The van der Waals surface area contributed by atoms with Crippen LogP contribution in [0.25, 0.3) is 0 Å². The molecule has 0 N–H and O–H groups in total. The van der Waals surface area contributed by atoms with Crippen molar-refractivity contribution in [2.24, 2.45) is 0 Å². The zero-order valence-corrected chi connectivity index (χ0v) is 11.2. The number of unbranched alkanes of at least 4 members (excludes halogenated alkanes) is 1. The minimum atomic E-state index is -0.129. The molecule has 3 heteroatoms. The lowest BCUT2D eigenvalue weighted by Crippen LogP contribution is -2.06. The minimum Gasteiger partial charge on any atom is -0.466 e. The first-order valence-corrected chi connectivity index (χ1v) is 6.42. The summed E-state index contributed by atoms with van der Waals surface area (Å²) in [5, 5.41) is 0.752. The van der Waals surface area contributed by atoms with Gasteiger partial charge in [-0.2, -0.15) is 0 Å². The Morgan fingerprint density at radius 1 is 1.41 bits per heavy atom. The Hall–Kier alpha value is -1.02. The summed E-state index contributed by atoms with van der Waals surface area (Å²) in [7, 11) is 0. The summed E-state index contributed by atoms with van der Waals surface area (Å²) in [5.74, 6) is -0.129. The highest BCUT2D eigenvalue weighted by molar-refractivity contribution is 6.31. The van der Waals surface area contributed by atoms with E-state index in [9.17, 15) is 4.79 Å². The van der Waals surface area contributed by atoms with E-state index in [1.807, 2.05) is 25.1 Å². The Balaban J connectivity index is 2.34. The van der Waals surface area contributed by atoms with Crippen molar-refractivity contribution in [3.63, 3.8) is 0 Å². The van der Waals surface area contributed by atoms with Crippen LogP contribution in [0.4, 0.5) is 0 Å². The highest BCUT2D eigenvalue weighted by atomic mass is 35.5. The predicted octanol–water partition coefficient (Wildman–Crippen LogP) is 3.92. The highest BCUT2D eigenvalue weighted by Gasteiger charge is 2.04. The lowest BCUT2D eigenvalue weighted by molar-refractivity contribution is -0.143. The summed E-state index contributed by atoms with van der Waals surface area (Å²) in [6.45, 7) is 4.57. The monoisotopic (exact) mass is 254 g/mol. The van der Waals surface area contributed by atoms with Gasteiger partial charge in [0.1, 0.15) is 0 Å². The van der Waals surface area contributed by atoms with Gasteiger partial charge < -0.3 is 4.74 Å². The van der Waals surface area contributed by atoms with Crippen molar-refractivity contribution < 1.29 is 9.53 Å². The molecule has 1 aromatic carbocycles. The van der Waals surface area contributed by atoms with Crippen LogP contribution in [0.3, 0.4) is 0 Å². The van der Waals surface area contributed by atoms with E-state index in [2.05, 4.69) is 6.92 Å². The lowest BCUT2D eigenvalue weighted by Gasteiger charge is -2.05. The molecule has 0 saturated heterocycles. The lowest BCUT2D eigenvalue weighted by atomic mass is 10.1. The number of halogens is 1. The number of aryl methyl sites for hydroxylation is 2. The molecule has 2 nitrogen and oxygen atoms in total. The average Bonchev–Trinajstić information content (AvgIpc) is 2.31. The van der Waals surface area contributed by atoms with Crippen molar-refractivity contribution >= 4 is 17.6 Å². The summed E-state index contributed by atoms with van der Waals surface area (Å²) in [4.78, 5) is 11.4. The summed E-state index contributed by atoms with van der Waals surface area (Å²) in [6.07, 6.45) is 3.08. The van der Waals surface area contributed by atoms with E-state index >= 15 is 0 Å². The normalized spacial score (nSPS) is 10.3. The van der Waals surface area contributed by atoms with E-state index in [-0.39, 0.29) is 5.97 Å². The van der Waals surface area contributed by atoms with E-state index in [0.717, 1.165) is 29.0 Å². The van der Waals surface area contributed by atoms with Crippen LogP contribution >= 0.6 is 11.6 Å². The molecule has 0 spiro atoms. The van der Waals surface area contributed by atoms with Gasteiger partial charge in [-0.15, -0.1) is 0 Å². The Bertz CT molecular complexity index is 374. The van der Waals surface area contributed by atoms with Gasteiger partial charge in [-0.1, -0.05) is 37.1 Å². The first-order valence-electron chi connectivity index (χ1n) is 6.04. The molecule has 1 aromatic rings. The third-order valence-electron chi connectivity index (χ3n) is 2.61. The van der Waals surface area contributed by atoms with E-state index in [0.29, 0.717) is 19.4 Å². The van der Waals surface area contributed by atoms with Crippen molar-refractivity contribution in [2.45, 2.75) is 39.5 Å². The standard InChI is InChI=1S/C14H19ClO2/c1-3-4-9-17-14(16)8-7-12-6-5-11(2)13(15)10-12/h5-6,10H,3-4,7-9H2,1-2H3. The molecular formula is C14H19ClO2. The molecule has 0 bridgehead atoms. The summed E-state index contributed by atoms with van der Waals surface area (Å²) in [5.41, 5.74) is 2.13. The van der Waals surface area contributed by atoms with E-state index in [1.165, 1.54) is 0 Å². The van der Waals surface area contributed by atoms with Crippen molar-refractivity contribution in [3.8, 4) is 0 Å². The van der Waals surface area contributed by atoms with Gasteiger partial charge in [0.2, 0.25) is 0 Å². The molecule has 94 valence electrons. The molecule has 0 aromatic heterocycles. The van der Waals surface area contributed by atoms with Gasteiger partial charge >= 0.3 is 5.97 Å². The molecule has 1 rings (SSSR count). The molecule has 0 unspecified atom stereocenters. The second-order valence-corrected chi connectivity index (χ2v) is 4.56. The Morgan fingerprint density at radius 3 is 2.82 bits per heavy atom. The smallest absolute Gasteiger partial charge is 0.306 e. The Kier molecular flexibility index (Phi) is 6.06. The molecule has 0 heterocycles. The molecule has 0 saturated carbocycles. The molecule has 0 aliphatic heterocycles. The van der Waals surface area contributed by atoms with Gasteiger partial charge in [-0.25, -0.2) is 0 Å². The van der Waals surface area contributed by atoms with Gasteiger partial charge in [0.15, 0.2) is 0 Å². The van der Waals surface area contributed by atoms with Gasteiger partial charge in [0.05, 0.1) is 6.61 Å². The number of ether oxygens (including phenoxy) is 1. The van der Waals surface area contributed by atoms with Gasteiger partial charge in [-0.05, 0) is 37.0 Å². The average molecular weight is 255 g/mol. The van der Waals surface area contributed by atoms with Crippen molar-refractivity contribution in [3.05, 3.63) is 34.3 Å². The zero-order valence-electron chi connectivity index (χ0n) is 10.5. The van der Waals surface area contributed by atoms with Crippen LogP contribution in [-0.2, 0) is 16.0 Å². The van der Waals surface area contributed by atoms with Crippen molar-refractivity contribution in [1.82, 2.24) is 0 Å². The molecule has 0 aliphatic rings. The third kappa shape index (κ3) is 5.22. The summed E-state index contributed by atoms with van der Waals surface area (Å²) >= 11 is 6.02. The van der Waals surface area contributed by atoms with Crippen LogP contribution in [-0.4, -0.2) is 12.6 Å². The first-order chi connectivity index (χ1) is 8.13. The number of benzene rings is 1. The Labute approximate surface area is 108 Å². The van der Waals surface area contributed by atoms with Crippen LogP contribution in [0.5, 0.6) is 0 Å². The maximum atomic E-state index is 11.4. The number of hydrogen-bond acceptors (Lipinski definition) is 2. The van der Waals surface area contributed by atoms with Crippen molar-refractivity contribution in [1.29, 1.82) is 0 Å². The fraction of sp³-hybridized carbons (Fsp3) is 0.500. The van der Waals surface area contributed by atoms with Crippen LogP contribution < -0.4 is 0 Å². The molecule has 0 amide bonds. The maximum Gasteiger partial charge on any atom is 0.306 e. The van der Waals surface area contributed by atoms with E-state index < -0.39 is 0 Å². The number of carbonyl (C=O) groups is 1. The summed E-state index contributed by atoms with van der Waals surface area (Å²) in [6, 6.07) is 5.89. The molecular weight excluding hydrogens is 236 g/mol. The largest absolute Gasteiger partial charge is 0.466 e. The molecule has 0 aliphatic carbocycles. The van der Waals surface area contributed by atoms with Crippen LogP contribution in [0.2, 0.25) is 5.02 Å². The third-order valence-corrected chi connectivity index (χ3v) is 3.02. The van der Waals surface area contributed by atoms with E-state index in [1.54, 1.807) is 0 Å². The van der Waals surface area contributed by atoms with Gasteiger partial charge in [-0.3, -0.25) is 4.79 Å². The van der Waals surface area contributed by atoms with Crippen LogP contribution in [0, 0.1) is 6.92 Å². The fourth-order valence-corrected chi connectivity index (χ4v) is 1.64. The quantitative estimate of drug-likeness (QED) is 0.568. The minimum absolute atomic E-state index is 0.129. The topological polar surface area (TPSA) is 26.3 Å². The number of rotatable bonds is 6. The highest BCUT2D eigenvalue weighted by Crippen LogP contribution is 2.17. The number of hydrogen-bond donors (Lipinski definition) is 0.